The first-order valence-electron chi connectivity index (χ1n) is 6.11. The molecule has 6 heteroatoms. The second-order valence-corrected chi connectivity index (χ2v) is 4.63. The Bertz CT molecular complexity index is 464. The van der Waals surface area contributed by atoms with E-state index in [0.717, 1.165) is 5.69 Å². The highest BCUT2D eigenvalue weighted by molar-refractivity contribution is 5.78. The van der Waals surface area contributed by atoms with Crippen LogP contribution in [0.4, 0.5) is 11.4 Å². The predicted octanol–water partition coefficient (Wildman–Crippen LogP) is 3.63. The van der Waals surface area contributed by atoms with Crippen LogP contribution in [-0.2, 0) is 9.53 Å². The van der Waals surface area contributed by atoms with E-state index in [2.05, 4.69) is 15.3 Å². The van der Waals surface area contributed by atoms with Crippen molar-refractivity contribution in [1.29, 1.82) is 0 Å². The summed E-state index contributed by atoms with van der Waals surface area (Å²) in [4.78, 5) is 14.4. The van der Waals surface area contributed by atoms with Gasteiger partial charge >= 0.3 is 5.97 Å². The maximum absolute atomic E-state index is 11.7. The first kappa shape index (κ1) is 14.9. The van der Waals surface area contributed by atoms with Gasteiger partial charge in [-0.1, -0.05) is 31.1 Å². The number of ether oxygens (including phenoxy) is 1. The largest absolute Gasteiger partial charge is 0.464 e. The number of anilines is 1. The summed E-state index contributed by atoms with van der Waals surface area (Å²) in [5.74, 6) is 0.0344. The summed E-state index contributed by atoms with van der Waals surface area (Å²) in [5, 5.41) is 6.50. The number of hydrogen-bond donors (Lipinski definition) is 1. The summed E-state index contributed by atoms with van der Waals surface area (Å²) in [5.41, 5.74) is 9.59. The van der Waals surface area contributed by atoms with Gasteiger partial charge in [-0.2, -0.15) is 0 Å². The minimum Gasteiger partial charge on any atom is -0.464 e. The molecule has 1 N–H and O–H groups in total. The molecular weight excluding hydrogens is 244 g/mol. The minimum absolute atomic E-state index is 0.284. The second kappa shape index (κ2) is 7.28. The smallest absolute Gasteiger partial charge is 0.328 e. The van der Waals surface area contributed by atoms with E-state index >= 15 is 0 Å². The molecule has 1 atom stereocenters. The molecule has 0 heterocycles. The van der Waals surface area contributed by atoms with Crippen molar-refractivity contribution in [3.8, 4) is 0 Å². The molecule has 0 aliphatic heterocycles. The second-order valence-electron chi connectivity index (χ2n) is 4.63. The van der Waals surface area contributed by atoms with Crippen LogP contribution >= 0.6 is 0 Å². The Labute approximate surface area is 112 Å². The van der Waals surface area contributed by atoms with E-state index < -0.39 is 6.04 Å². The van der Waals surface area contributed by atoms with Gasteiger partial charge in [0.25, 0.3) is 0 Å². The maximum Gasteiger partial charge on any atom is 0.328 e. The van der Waals surface area contributed by atoms with Crippen LogP contribution in [0.1, 0.15) is 20.8 Å². The molecule has 6 nitrogen and oxygen atoms in total. The zero-order chi connectivity index (χ0) is 14.3. The average molecular weight is 262 g/mol. The molecule has 0 amide bonds. The molecule has 1 unspecified atom stereocenters. The van der Waals surface area contributed by atoms with Crippen molar-refractivity contribution >= 4 is 17.3 Å². The Morgan fingerprint density at radius 3 is 2.53 bits per heavy atom. The van der Waals surface area contributed by atoms with Crippen LogP contribution in [0.25, 0.3) is 10.4 Å². The van der Waals surface area contributed by atoms with Gasteiger partial charge in [-0.25, -0.2) is 4.79 Å². The molecule has 0 aliphatic carbocycles. The Kier molecular flexibility index (Phi) is 5.70. The van der Waals surface area contributed by atoms with Gasteiger partial charge in [0.15, 0.2) is 0 Å². The Hall–Kier alpha value is -2.20. The van der Waals surface area contributed by atoms with E-state index in [0.29, 0.717) is 18.2 Å². The number of nitrogens with one attached hydrogen (secondary N) is 1. The van der Waals surface area contributed by atoms with Gasteiger partial charge in [0.2, 0.25) is 0 Å². The number of rotatable bonds is 6. The summed E-state index contributed by atoms with van der Waals surface area (Å²) < 4.78 is 5.13. The van der Waals surface area contributed by atoms with Crippen LogP contribution in [0.2, 0.25) is 0 Å². The fourth-order valence-corrected chi connectivity index (χ4v) is 1.36. The van der Waals surface area contributed by atoms with Gasteiger partial charge in [0, 0.05) is 16.3 Å². The quantitative estimate of drug-likeness (QED) is 0.367. The van der Waals surface area contributed by atoms with Crippen molar-refractivity contribution in [2.75, 3.05) is 11.9 Å². The van der Waals surface area contributed by atoms with Crippen molar-refractivity contribution in [2.24, 2.45) is 11.0 Å². The van der Waals surface area contributed by atoms with Crippen LogP contribution in [-0.4, -0.2) is 18.6 Å². The first-order chi connectivity index (χ1) is 9.02. The topological polar surface area (TPSA) is 87.1 Å². The Morgan fingerprint density at radius 2 is 2.00 bits per heavy atom. The normalized spacial score (nSPS) is 11.6. The molecule has 102 valence electrons. The van der Waals surface area contributed by atoms with Crippen LogP contribution in [0, 0.1) is 5.92 Å². The van der Waals surface area contributed by atoms with Crippen molar-refractivity contribution in [3.63, 3.8) is 0 Å². The molecular formula is C13H18N4O2. The molecule has 1 rings (SSSR count). The number of benzene rings is 1. The minimum atomic E-state index is -0.427. The number of azide groups is 1. The van der Waals surface area contributed by atoms with Gasteiger partial charge in [-0.3, -0.25) is 0 Å². The molecule has 0 bridgehead atoms. The van der Waals surface area contributed by atoms with Gasteiger partial charge in [-0.05, 0) is 30.5 Å². The number of esters is 1. The molecule has 19 heavy (non-hydrogen) atoms. The number of hydrogen-bond acceptors (Lipinski definition) is 4. The first-order valence-corrected chi connectivity index (χ1v) is 6.11. The van der Waals surface area contributed by atoms with Crippen LogP contribution < -0.4 is 5.32 Å². The average Bonchev–Trinajstić information content (AvgIpc) is 2.38. The van der Waals surface area contributed by atoms with Crippen molar-refractivity contribution in [1.82, 2.24) is 0 Å². The molecule has 0 radical (unpaired) electrons. The fraction of sp³-hybridized carbons (Fsp3) is 0.462. The van der Waals surface area contributed by atoms with Crippen molar-refractivity contribution in [3.05, 3.63) is 34.7 Å². The highest BCUT2D eigenvalue weighted by Gasteiger charge is 2.14. The molecule has 0 spiro atoms. The molecule has 0 saturated carbocycles. The monoisotopic (exact) mass is 262 g/mol. The zero-order valence-electron chi connectivity index (χ0n) is 11.3. The predicted molar refractivity (Wildman–Crippen MR) is 74.1 cm³/mol. The molecule has 0 fully saturated rings. The van der Waals surface area contributed by atoms with E-state index in [4.69, 9.17) is 10.3 Å². The molecule has 1 aromatic rings. The molecule has 1 aromatic carbocycles. The third-order valence-corrected chi connectivity index (χ3v) is 2.32. The lowest BCUT2D eigenvalue weighted by molar-refractivity contribution is -0.145. The highest BCUT2D eigenvalue weighted by Crippen LogP contribution is 2.17. The number of carbonyl (C=O) groups excluding carboxylic acids is 1. The van der Waals surface area contributed by atoms with Gasteiger partial charge in [0.1, 0.15) is 6.04 Å². The van der Waals surface area contributed by atoms with Gasteiger partial charge < -0.3 is 10.1 Å². The SMILES string of the molecule is CC(C)COC(=O)C(C)Nc1ccc(N=[N+]=[N-])cc1. The van der Waals surface area contributed by atoms with E-state index in [-0.39, 0.29) is 5.97 Å². The van der Waals surface area contributed by atoms with Gasteiger partial charge in [0.05, 0.1) is 6.61 Å². The van der Waals surface area contributed by atoms with Gasteiger partial charge in [-0.15, -0.1) is 0 Å². The fourth-order valence-electron chi connectivity index (χ4n) is 1.36. The summed E-state index contributed by atoms with van der Waals surface area (Å²) in [6.45, 7) is 6.13. The van der Waals surface area contributed by atoms with Crippen LogP contribution in [0.15, 0.2) is 29.4 Å². The number of carbonyl (C=O) groups is 1. The maximum atomic E-state index is 11.7. The number of nitrogens with zero attached hydrogens (tertiary/aromatic N) is 3. The van der Waals surface area contributed by atoms with E-state index in [9.17, 15) is 4.79 Å². The summed E-state index contributed by atoms with van der Waals surface area (Å²) in [7, 11) is 0. The molecule has 0 saturated heterocycles. The third kappa shape index (κ3) is 5.31. The lowest BCUT2D eigenvalue weighted by Crippen LogP contribution is -2.29. The molecule has 0 aromatic heterocycles. The lowest BCUT2D eigenvalue weighted by Gasteiger charge is -2.15. The molecule has 0 aliphatic rings. The van der Waals surface area contributed by atoms with Crippen molar-refractivity contribution < 1.29 is 9.53 Å². The van der Waals surface area contributed by atoms with E-state index in [1.165, 1.54) is 0 Å². The standard InChI is InChI=1S/C13H18N4O2/c1-9(2)8-19-13(18)10(3)15-11-4-6-12(7-5-11)16-17-14/h4-7,9-10,15H,8H2,1-3H3. The van der Waals surface area contributed by atoms with Crippen molar-refractivity contribution in [2.45, 2.75) is 26.8 Å². The third-order valence-electron chi connectivity index (χ3n) is 2.32. The van der Waals surface area contributed by atoms with Crippen LogP contribution in [0.3, 0.4) is 0 Å². The highest BCUT2D eigenvalue weighted by atomic mass is 16.5. The summed E-state index contributed by atoms with van der Waals surface area (Å²) in [6.07, 6.45) is 0. The summed E-state index contributed by atoms with van der Waals surface area (Å²) in [6, 6.07) is 6.42. The van der Waals surface area contributed by atoms with Crippen LogP contribution in [0.5, 0.6) is 0 Å². The lowest BCUT2D eigenvalue weighted by atomic mass is 10.2. The Morgan fingerprint density at radius 1 is 1.37 bits per heavy atom. The summed E-state index contributed by atoms with van der Waals surface area (Å²) >= 11 is 0. The van der Waals surface area contributed by atoms with E-state index in [1.54, 1.807) is 31.2 Å². The zero-order valence-corrected chi connectivity index (χ0v) is 11.3. The van der Waals surface area contributed by atoms with E-state index in [1.807, 2.05) is 13.8 Å². The Balaban J connectivity index is 2.53.